The van der Waals surface area contributed by atoms with Crippen LogP contribution >= 0.6 is 12.4 Å². The molecule has 72 valence electrons. The average molecular weight is 198 g/mol. The fourth-order valence-electron chi connectivity index (χ4n) is 2.03. The smallest absolute Gasteiger partial charge is 0.255 e. The van der Waals surface area contributed by atoms with Crippen LogP contribution in [0.25, 0.3) is 0 Å². The van der Waals surface area contributed by atoms with Gasteiger partial charge >= 0.3 is 0 Å². The third-order valence-corrected chi connectivity index (χ3v) is 2.90. The van der Waals surface area contributed by atoms with E-state index in [1.165, 1.54) is 0 Å². The van der Waals surface area contributed by atoms with Gasteiger partial charge in [0.05, 0.1) is 0 Å². The Kier molecular flexibility index (Phi) is 2.16. The van der Waals surface area contributed by atoms with Gasteiger partial charge in [-0.1, -0.05) is 0 Å². The molecule has 4 heteroatoms. The van der Waals surface area contributed by atoms with E-state index < -0.39 is 5.92 Å². The first-order valence-electron chi connectivity index (χ1n) is 4.06. The maximum atomic E-state index is 12.8. The van der Waals surface area contributed by atoms with Crippen LogP contribution in [0.15, 0.2) is 0 Å². The van der Waals surface area contributed by atoms with Gasteiger partial charge in [-0.05, 0) is 20.3 Å². The second kappa shape index (κ2) is 2.55. The lowest BCUT2D eigenvalue weighted by atomic mass is 9.93. The Morgan fingerprint density at radius 1 is 1.25 bits per heavy atom. The predicted molar refractivity (Wildman–Crippen MR) is 45.9 cm³/mol. The number of alkyl halides is 2. The maximum Gasteiger partial charge on any atom is 0.255 e. The van der Waals surface area contributed by atoms with Crippen molar-refractivity contribution >= 4 is 12.4 Å². The highest BCUT2D eigenvalue weighted by Crippen LogP contribution is 2.59. The second-order valence-corrected chi connectivity index (χ2v) is 4.36. The van der Waals surface area contributed by atoms with E-state index in [9.17, 15) is 8.78 Å². The highest BCUT2D eigenvalue weighted by molar-refractivity contribution is 5.85. The molecule has 1 heterocycles. The molecule has 1 aliphatic carbocycles. The predicted octanol–water partition coefficient (Wildman–Crippen LogP) is 2.06. The van der Waals surface area contributed by atoms with Gasteiger partial charge < -0.3 is 5.32 Å². The second-order valence-electron chi connectivity index (χ2n) is 4.36. The lowest BCUT2D eigenvalue weighted by Gasteiger charge is -2.29. The summed E-state index contributed by atoms with van der Waals surface area (Å²) in [6.45, 7) is 4.46. The third kappa shape index (κ3) is 1.33. The molecule has 1 aliphatic heterocycles. The van der Waals surface area contributed by atoms with Crippen LogP contribution in [0.5, 0.6) is 0 Å². The first kappa shape index (κ1) is 10.2. The van der Waals surface area contributed by atoms with Crippen LogP contribution in [0.1, 0.15) is 20.3 Å². The van der Waals surface area contributed by atoms with Crippen LogP contribution in [0, 0.1) is 11.8 Å². The SMILES string of the molecule is CC1(C)CC2C(CN1)C2(F)F.Cl. The fraction of sp³-hybridized carbons (Fsp3) is 1.00. The van der Waals surface area contributed by atoms with E-state index in [0.29, 0.717) is 13.0 Å². The Bertz CT molecular complexity index is 191. The molecular formula is C8H14ClF2N. The third-order valence-electron chi connectivity index (χ3n) is 2.90. The van der Waals surface area contributed by atoms with Gasteiger partial charge in [-0.3, -0.25) is 0 Å². The number of hydrogen-bond donors (Lipinski definition) is 1. The van der Waals surface area contributed by atoms with Crippen LogP contribution in [0.4, 0.5) is 8.78 Å². The summed E-state index contributed by atoms with van der Waals surface area (Å²) in [5, 5.41) is 3.13. The van der Waals surface area contributed by atoms with Gasteiger partial charge in [0.15, 0.2) is 0 Å². The molecule has 2 unspecified atom stereocenters. The Morgan fingerprint density at radius 2 is 1.83 bits per heavy atom. The van der Waals surface area contributed by atoms with E-state index in [2.05, 4.69) is 5.32 Å². The summed E-state index contributed by atoms with van der Waals surface area (Å²) in [6, 6.07) is 0. The minimum atomic E-state index is -2.36. The zero-order valence-electron chi connectivity index (χ0n) is 7.23. The highest BCUT2D eigenvalue weighted by atomic mass is 35.5. The normalized spacial score (nSPS) is 41.0. The summed E-state index contributed by atoms with van der Waals surface area (Å²) in [5.41, 5.74) is -0.0822. The summed E-state index contributed by atoms with van der Waals surface area (Å²) in [6.07, 6.45) is 0.616. The molecule has 1 nitrogen and oxygen atoms in total. The number of fused-ring (bicyclic) bond motifs is 1. The van der Waals surface area contributed by atoms with Crippen LogP contribution in [-0.2, 0) is 0 Å². The quantitative estimate of drug-likeness (QED) is 0.627. The molecule has 2 fully saturated rings. The van der Waals surface area contributed by atoms with E-state index in [1.54, 1.807) is 0 Å². The lowest BCUT2D eigenvalue weighted by molar-refractivity contribution is 0.0856. The molecule has 2 rings (SSSR count). The van der Waals surface area contributed by atoms with Gasteiger partial charge in [-0.15, -0.1) is 12.4 Å². The van der Waals surface area contributed by atoms with Crippen molar-refractivity contribution in [1.82, 2.24) is 5.32 Å². The Labute approximate surface area is 77.3 Å². The minimum Gasteiger partial charge on any atom is -0.311 e. The standard InChI is InChI=1S/C8H13F2N.ClH/c1-7(2)3-5-6(4-11-7)8(5,9)10;/h5-6,11H,3-4H2,1-2H3;1H. The minimum absolute atomic E-state index is 0. The molecule has 0 aromatic heterocycles. The van der Waals surface area contributed by atoms with E-state index in [0.717, 1.165) is 0 Å². The summed E-state index contributed by atoms with van der Waals surface area (Å²) in [7, 11) is 0. The number of halogens is 3. The highest BCUT2D eigenvalue weighted by Gasteiger charge is 2.70. The largest absolute Gasteiger partial charge is 0.311 e. The Hall–Kier alpha value is 0.110. The van der Waals surface area contributed by atoms with Crippen molar-refractivity contribution in [1.29, 1.82) is 0 Å². The number of rotatable bonds is 0. The van der Waals surface area contributed by atoms with Crippen molar-refractivity contribution in [2.75, 3.05) is 6.54 Å². The zero-order valence-corrected chi connectivity index (χ0v) is 8.05. The Balaban J connectivity index is 0.000000720. The molecule has 12 heavy (non-hydrogen) atoms. The van der Waals surface area contributed by atoms with Crippen molar-refractivity contribution < 1.29 is 8.78 Å². The number of hydrogen-bond acceptors (Lipinski definition) is 1. The summed E-state index contributed by atoms with van der Waals surface area (Å²) >= 11 is 0. The van der Waals surface area contributed by atoms with Crippen LogP contribution < -0.4 is 5.32 Å². The molecule has 0 aromatic carbocycles. The van der Waals surface area contributed by atoms with E-state index in [-0.39, 0.29) is 29.8 Å². The van der Waals surface area contributed by atoms with Crippen LogP contribution in [0.2, 0.25) is 0 Å². The van der Waals surface area contributed by atoms with Gasteiger partial charge in [-0.25, -0.2) is 8.78 Å². The molecular weight excluding hydrogens is 184 g/mol. The monoisotopic (exact) mass is 197 g/mol. The molecule has 0 bridgehead atoms. The van der Waals surface area contributed by atoms with Crippen LogP contribution in [-0.4, -0.2) is 18.0 Å². The van der Waals surface area contributed by atoms with Crippen LogP contribution in [0.3, 0.4) is 0 Å². The van der Waals surface area contributed by atoms with Gasteiger partial charge in [0, 0.05) is 23.9 Å². The van der Waals surface area contributed by atoms with Gasteiger partial charge in [-0.2, -0.15) is 0 Å². The summed E-state index contributed by atoms with van der Waals surface area (Å²) < 4.78 is 25.6. The molecule has 1 saturated heterocycles. The first-order valence-corrected chi connectivity index (χ1v) is 4.06. The lowest BCUT2D eigenvalue weighted by Crippen LogP contribution is -2.44. The number of nitrogens with one attached hydrogen (secondary N) is 1. The molecule has 0 spiro atoms. The van der Waals surface area contributed by atoms with Crippen molar-refractivity contribution in [3.8, 4) is 0 Å². The fourth-order valence-corrected chi connectivity index (χ4v) is 2.03. The topological polar surface area (TPSA) is 12.0 Å². The van der Waals surface area contributed by atoms with Crippen molar-refractivity contribution in [2.45, 2.75) is 31.7 Å². The number of piperidine rings is 1. The van der Waals surface area contributed by atoms with Gasteiger partial charge in [0.1, 0.15) is 0 Å². The van der Waals surface area contributed by atoms with Gasteiger partial charge in [0.25, 0.3) is 5.92 Å². The van der Waals surface area contributed by atoms with E-state index in [4.69, 9.17) is 0 Å². The van der Waals surface area contributed by atoms with Crippen molar-refractivity contribution in [2.24, 2.45) is 11.8 Å². The molecule has 1 N–H and O–H groups in total. The molecule has 2 atom stereocenters. The van der Waals surface area contributed by atoms with E-state index in [1.807, 2.05) is 13.8 Å². The molecule has 0 aromatic rings. The molecule has 0 radical (unpaired) electrons. The van der Waals surface area contributed by atoms with Gasteiger partial charge in [0.2, 0.25) is 0 Å². The molecule has 1 saturated carbocycles. The van der Waals surface area contributed by atoms with Crippen molar-refractivity contribution in [3.63, 3.8) is 0 Å². The maximum absolute atomic E-state index is 12.8. The molecule has 2 aliphatic rings. The summed E-state index contributed by atoms with van der Waals surface area (Å²) in [4.78, 5) is 0. The van der Waals surface area contributed by atoms with Crippen molar-refractivity contribution in [3.05, 3.63) is 0 Å². The first-order chi connectivity index (χ1) is 4.93. The zero-order chi connectivity index (χ0) is 8.28. The average Bonchev–Trinajstić information content (AvgIpc) is 2.32. The molecule has 0 amide bonds. The summed E-state index contributed by atoms with van der Waals surface area (Å²) in [5.74, 6) is -3.06. The Morgan fingerprint density at radius 3 is 2.25 bits per heavy atom. The van der Waals surface area contributed by atoms with E-state index >= 15 is 0 Å².